The summed E-state index contributed by atoms with van der Waals surface area (Å²) in [6.07, 6.45) is 3.35. The molecular weight excluding hydrogens is 252 g/mol. The van der Waals surface area contributed by atoms with Crippen molar-refractivity contribution in [2.24, 2.45) is 0 Å². The van der Waals surface area contributed by atoms with Gasteiger partial charge in [0.1, 0.15) is 0 Å². The molecule has 0 atom stereocenters. The van der Waals surface area contributed by atoms with Gasteiger partial charge >= 0.3 is 0 Å². The van der Waals surface area contributed by atoms with E-state index in [1.165, 1.54) is 6.42 Å². The fourth-order valence-electron chi connectivity index (χ4n) is 1.68. The lowest BCUT2D eigenvalue weighted by molar-refractivity contribution is 0.268. The van der Waals surface area contributed by atoms with Crippen LogP contribution in [-0.2, 0) is 5.88 Å². The summed E-state index contributed by atoms with van der Waals surface area (Å²) in [5, 5.41) is 0. The lowest BCUT2D eigenvalue weighted by atomic mass is 10.2. The van der Waals surface area contributed by atoms with Gasteiger partial charge in [-0.3, -0.25) is 0 Å². The molecule has 0 heterocycles. The van der Waals surface area contributed by atoms with Gasteiger partial charge in [-0.05, 0) is 24.1 Å². The third kappa shape index (κ3) is 3.98. The first-order chi connectivity index (χ1) is 8.76. The molecule has 18 heavy (non-hydrogen) atoms. The molecule has 0 amide bonds. The molecule has 0 unspecified atom stereocenters. The average molecular weight is 273 g/mol. The minimum absolute atomic E-state index is 0.419. The van der Waals surface area contributed by atoms with E-state index in [2.05, 4.69) is 6.92 Å². The second kappa shape index (κ2) is 8.09. The molecule has 0 saturated heterocycles. The van der Waals surface area contributed by atoms with Gasteiger partial charge in [-0.1, -0.05) is 19.8 Å². The van der Waals surface area contributed by atoms with E-state index in [4.69, 9.17) is 25.8 Å². The van der Waals surface area contributed by atoms with Crippen molar-refractivity contribution in [1.29, 1.82) is 0 Å². The Labute approximate surface area is 114 Å². The molecule has 0 radical (unpaired) electrons. The molecule has 0 N–H and O–H groups in total. The van der Waals surface area contributed by atoms with Crippen LogP contribution in [0.2, 0.25) is 0 Å². The Morgan fingerprint density at radius 2 is 1.67 bits per heavy atom. The van der Waals surface area contributed by atoms with Gasteiger partial charge in [-0.15, -0.1) is 11.6 Å². The summed E-state index contributed by atoms with van der Waals surface area (Å²) in [4.78, 5) is 0. The molecular formula is C14H21ClO3. The van der Waals surface area contributed by atoms with Crippen molar-refractivity contribution in [1.82, 2.24) is 0 Å². The van der Waals surface area contributed by atoms with Gasteiger partial charge in [0.25, 0.3) is 0 Å². The summed E-state index contributed by atoms with van der Waals surface area (Å²) in [5.74, 6) is 2.41. The molecule has 0 bridgehead atoms. The Morgan fingerprint density at radius 3 is 2.11 bits per heavy atom. The fraction of sp³-hybridized carbons (Fsp3) is 0.571. The lowest BCUT2D eigenvalue weighted by Crippen LogP contribution is -2.02. The highest BCUT2D eigenvalue weighted by Gasteiger charge is 2.13. The minimum atomic E-state index is 0.419. The van der Waals surface area contributed by atoms with Crippen LogP contribution in [0.15, 0.2) is 12.1 Å². The molecule has 1 aromatic rings. The van der Waals surface area contributed by atoms with Gasteiger partial charge < -0.3 is 14.2 Å². The van der Waals surface area contributed by atoms with Crippen molar-refractivity contribution < 1.29 is 14.2 Å². The molecule has 0 fully saturated rings. The molecule has 4 heteroatoms. The molecule has 0 aromatic heterocycles. The Hall–Kier alpha value is -1.09. The van der Waals surface area contributed by atoms with E-state index in [1.54, 1.807) is 14.2 Å². The second-order valence-corrected chi connectivity index (χ2v) is 4.29. The smallest absolute Gasteiger partial charge is 0.203 e. The summed E-state index contributed by atoms with van der Waals surface area (Å²) < 4.78 is 16.4. The van der Waals surface area contributed by atoms with E-state index in [-0.39, 0.29) is 0 Å². The number of halogens is 1. The minimum Gasteiger partial charge on any atom is -0.493 e. The van der Waals surface area contributed by atoms with Gasteiger partial charge in [0.15, 0.2) is 11.5 Å². The first-order valence-corrected chi connectivity index (χ1v) is 6.73. The van der Waals surface area contributed by atoms with Crippen LogP contribution in [0, 0.1) is 0 Å². The van der Waals surface area contributed by atoms with Gasteiger partial charge in [-0.25, -0.2) is 0 Å². The molecule has 3 nitrogen and oxygen atoms in total. The average Bonchev–Trinajstić information content (AvgIpc) is 2.42. The van der Waals surface area contributed by atoms with E-state index in [0.717, 1.165) is 18.4 Å². The van der Waals surface area contributed by atoms with Crippen LogP contribution in [0.5, 0.6) is 17.2 Å². The standard InChI is InChI=1S/C14H21ClO3/c1-4-5-6-7-18-14-12(16-2)8-11(10-15)9-13(14)17-3/h8-9H,4-7,10H2,1-3H3. The number of alkyl halides is 1. The largest absolute Gasteiger partial charge is 0.493 e. The Kier molecular flexibility index (Phi) is 6.73. The van der Waals surface area contributed by atoms with E-state index in [0.29, 0.717) is 29.7 Å². The SMILES string of the molecule is CCCCCOc1c(OC)cc(CCl)cc1OC. The van der Waals surface area contributed by atoms with Crippen molar-refractivity contribution in [3.8, 4) is 17.2 Å². The summed E-state index contributed by atoms with van der Waals surface area (Å²) in [5.41, 5.74) is 0.950. The van der Waals surface area contributed by atoms with Crippen LogP contribution in [0.3, 0.4) is 0 Å². The predicted octanol–water partition coefficient (Wildman–Crippen LogP) is 4.01. The monoisotopic (exact) mass is 272 g/mol. The van der Waals surface area contributed by atoms with Crippen molar-refractivity contribution in [2.45, 2.75) is 32.1 Å². The molecule has 0 aliphatic rings. The maximum Gasteiger partial charge on any atom is 0.203 e. The molecule has 0 spiro atoms. The number of unbranched alkanes of at least 4 members (excludes halogenated alkanes) is 2. The van der Waals surface area contributed by atoms with Gasteiger partial charge in [-0.2, -0.15) is 0 Å². The third-order valence-electron chi connectivity index (χ3n) is 2.67. The molecule has 0 aliphatic carbocycles. The summed E-state index contributed by atoms with van der Waals surface area (Å²) in [7, 11) is 3.23. The van der Waals surface area contributed by atoms with E-state index < -0.39 is 0 Å². The van der Waals surface area contributed by atoms with E-state index in [1.807, 2.05) is 12.1 Å². The van der Waals surface area contributed by atoms with Crippen molar-refractivity contribution >= 4 is 11.6 Å². The maximum atomic E-state index is 5.83. The highest BCUT2D eigenvalue weighted by atomic mass is 35.5. The second-order valence-electron chi connectivity index (χ2n) is 4.02. The van der Waals surface area contributed by atoms with Crippen LogP contribution >= 0.6 is 11.6 Å². The third-order valence-corrected chi connectivity index (χ3v) is 2.98. The molecule has 102 valence electrons. The van der Waals surface area contributed by atoms with Crippen LogP contribution in [-0.4, -0.2) is 20.8 Å². The van der Waals surface area contributed by atoms with Gasteiger partial charge in [0, 0.05) is 5.88 Å². The van der Waals surface area contributed by atoms with E-state index in [9.17, 15) is 0 Å². The normalized spacial score (nSPS) is 10.2. The molecule has 0 aliphatic heterocycles. The first-order valence-electron chi connectivity index (χ1n) is 6.20. The zero-order chi connectivity index (χ0) is 13.4. The summed E-state index contributed by atoms with van der Waals surface area (Å²) in [6, 6.07) is 3.76. The topological polar surface area (TPSA) is 27.7 Å². The predicted molar refractivity (Wildman–Crippen MR) is 74.1 cm³/mol. The number of hydrogen-bond donors (Lipinski definition) is 0. The number of benzene rings is 1. The quantitative estimate of drug-likeness (QED) is 0.529. The molecule has 1 aromatic carbocycles. The summed E-state index contributed by atoms with van der Waals surface area (Å²) in [6.45, 7) is 2.83. The van der Waals surface area contributed by atoms with Gasteiger partial charge in [0.05, 0.1) is 20.8 Å². The zero-order valence-electron chi connectivity index (χ0n) is 11.3. The molecule has 1 rings (SSSR count). The summed E-state index contributed by atoms with van der Waals surface area (Å²) >= 11 is 5.83. The number of ether oxygens (including phenoxy) is 3. The van der Waals surface area contributed by atoms with Gasteiger partial charge in [0.2, 0.25) is 5.75 Å². The lowest BCUT2D eigenvalue weighted by Gasteiger charge is -2.15. The van der Waals surface area contributed by atoms with Crippen LogP contribution in [0.1, 0.15) is 31.7 Å². The van der Waals surface area contributed by atoms with E-state index >= 15 is 0 Å². The van der Waals surface area contributed by atoms with Crippen molar-refractivity contribution in [3.05, 3.63) is 17.7 Å². The highest BCUT2D eigenvalue weighted by molar-refractivity contribution is 6.17. The Morgan fingerprint density at radius 1 is 1.06 bits per heavy atom. The zero-order valence-corrected chi connectivity index (χ0v) is 12.0. The van der Waals surface area contributed by atoms with Crippen LogP contribution < -0.4 is 14.2 Å². The van der Waals surface area contributed by atoms with Crippen LogP contribution in [0.4, 0.5) is 0 Å². The fourth-order valence-corrected chi connectivity index (χ4v) is 1.83. The number of rotatable bonds is 8. The highest BCUT2D eigenvalue weighted by Crippen LogP contribution is 2.39. The Balaban J connectivity index is 2.85. The Bertz CT molecular complexity index is 341. The first kappa shape index (κ1) is 15.0. The van der Waals surface area contributed by atoms with Crippen molar-refractivity contribution in [2.75, 3.05) is 20.8 Å². The van der Waals surface area contributed by atoms with Crippen LogP contribution in [0.25, 0.3) is 0 Å². The van der Waals surface area contributed by atoms with Crippen molar-refractivity contribution in [3.63, 3.8) is 0 Å². The maximum absolute atomic E-state index is 5.83. The molecule has 0 saturated carbocycles. The number of hydrogen-bond acceptors (Lipinski definition) is 3. The number of methoxy groups -OCH3 is 2.